The van der Waals surface area contributed by atoms with E-state index in [2.05, 4.69) is 10.2 Å². The molecule has 3 rings (SSSR count). The monoisotopic (exact) mass is 257 g/mol. The van der Waals surface area contributed by atoms with E-state index in [4.69, 9.17) is 0 Å². The molecule has 5 nitrogen and oxygen atoms in total. The Bertz CT molecular complexity index is 568. The number of aromatic nitrogens is 2. The third-order valence-electron chi connectivity index (χ3n) is 3.59. The molecular formula is C14H15N3O2. The predicted octanol–water partition coefficient (Wildman–Crippen LogP) is 1.14. The number of aromatic amines is 1. The standard InChI is InChI=1S/C14H15N3O2/c18-13(11-8-15-16-9-11)17-7-6-14(19,10-17)12-4-2-1-3-5-12/h1-5,8-9,19H,6-7,10H2,(H,15,16)/t14-/m1/s1. The van der Waals surface area contributed by atoms with Crippen LogP contribution in [0.15, 0.2) is 42.7 Å². The highest BCUT2D eigenvalue weighted by molar-refractivity contribution is 5.93. The van der Waals surface area contributed by atoms with Gasteiger partial charge in [0.15, 0.2) is 0 Å². The van der Waals surface area contributed by atoms with Gasteiger partial charge in [0.2, 0.25) is 0 Å². The Labute approximate surface area is 110 Å². The number of benzene rings is 1. The third kappa shape index (κ3) is 2.13. The topological polar surface area (TPSA) is 69.2 Å². The number of likely N-dealkylation sites (tertiary alicyclic amines) is 1. The van der Waals surface area contributed by atoms with E-state index in [0.717, 1.165) is 5.56 Å². The van der Waals surface area contributed by atoms with E-state index in [1.807, 2.05) is 30.3 Å². The maximum Gasteiger partial charge on any atom is 0.257 e. The molecule has 19 heavy (non-hydrogen) atoms. The molecule has 1 saturated heterocycles. The summed E-state index contributed by atoms with van der Waals surface area (Å²) in [6.45, 7) is 0.871. The van der Waals surface area contributed by atoms with Crippen molar-refractivity contribution < 1.29 is 9.90 Å². The lowest BCUT2D eigenvalue weighted by molar-refractivity contribution is 0.0417. The number of hydrogen-bond acceptors (Lipinski definition) is 3. The van der Waals surface area contributed by atoms with E-state index in [1.54, 1.807) is 11.1 Å². The van der Waals surface area contributed by atoms with Crippen molar-refractivity contribution in [2.45, 2.75) is 12.0 Å². The SMILES string of the molecule is O=C(c1cn[nH]c1)N1CC[C@](O)(c2ccccc2)C1. The minimum absolute atomic E-state index is 0.0967. The molecule has 1 aliphatic rings. The summed E-state index contributed by atoms with van der Waals surface area (Å²) in [6, 6.07) is 9.50. The Morgan fingerprint density at radius 1 is 1.37 bits per heavy atom. The van der Waals surface area contributed by atoms with Gasteiger partial charge in [0.1, 0.15) is 5.60 Å². The second-order valence-corrected chi connectivity index (χ2v) is 4.86. The van der Waals surface area contributed by atoms with Crippen molar-refractivity contribution >= 4 is 5.91 Å². The van der Waals surface area contributed by atoms with Crippen LogP contribution in [0, 0.1) is 0 Å². The molecule has 2 heterocycles. The van der Waals surface area contributed by atoms with Crippen LogP contribution in [0.3, 0.4) is 0 Å². The summed E-state index contributed by atoms with van der Waals surface area (Å²) in [4.78, 5) is 13.8. The van der Waals surface area contributed by atoms with Crippen molar-refractivity contribution in [3.8, 4) is 0 Å². The lowest BCUT2D eigenvalue weighted by Crippen LogP contribution is -2.34. The normalized spacial score (nSPS) is 22.7. The molecule has 5 heteroatoms. The third-order valence-corrected chi connectivity index (χ3v) is 3.59. The summed E-state index contributed by atoms with van der Waals surface area (Å²) < 4.78 is 0. The smallest absolute Gasteiger partial charge is 0.257 e. The molecule has 2 aromatic rings. The van der Waals surface area contributed by atoms with Gasteiger partial charge in [-0.1, -0.05) is 30.3 Å². The van der Waals surface area contributed by atoms with Gasteiger partial charge in [-0.15, -0.1) is 0 Å². The van der Waals surface area contributed by atoms with E-state index in [-0.39, 0.29) is 5.91 Å². The summed E-state index contributed by atoms with van der Waals surface area (Å²) in [7, 11) is 0. The zero-order chi connectivity index (χ0) is 13.3. The number of nitrogens with one attached hydrogen (secondary N) is 1. The highest BCUT2D eigenvalue weighted by Crippen LogP contribution is 2.32. The summed E-state index contributed by atoms with van der Waals surface area (Å²) in [5.74, 6) is -0.0967. The average molecular weight is 257 g/mol. The number of nitrogens with zero attached hydrogens (tertiary/aromatic N) is 2. The van der Waals surface area contributed by atoms with Crippen LogP contribution in [0.1, 0.15) is 22.3 Å². The Balaban J connectivity index is 1.79. The largest absolute Gasteiger partial charge is 0.383 e. The zero-order valence-corrected chi connectivity index (χ0v) is 10.4. The van der Waals surface area contributed by atoms with Gasteiger partial charge >= 0.3 is 0 Å². The number of rotatable bonds is 2. The Morgan fingerprint density at radius 3 is 2.84 bits per heavy atom. The van der Waals surface area contributed by atoms with Crippen LogP contribution in [-0.4, -0.2) is 39.2 Å². The molecule has 0 aliphatic carbocycles. The summed E-state index contributed by atoms with van der Waals surface area (Å²) in [5, 5.41) is 17.1. The van der Waals surface area contributed by atoms with Crippen LogP contribution in [0.2, 0.25) is 0 Å². The Kier molecular flexibility index (Phi) is 2.83. The summed E-state index contributed by atoms with van der Waals surface area (Å²) in [6.07, 6.45) is 3.63. The molecular weight excluding hydrogens is 242 g/mol. The van der Waals surface area contributed by atoms with Gasteiger partial charge in [-0.25, -0.2) is 0 Å². The maximum atomic E-state index is 12.2. The van der Waals surface area contributed by atoms with E-state index in [0.29, 0.717) is 25.1 Å². The van der Waals surface area contributed by atoms with Crippen LogP contribution in [0.4, 0.5) is 0 Å². The lowest BCUT2D eigenvalue weighted by atomic mass is 9.93. The van der Waals surface area contributed by atoms with E-state index in [1.165, 1.54) is 6.20 Å². The van der Waals surface area contributed by atoms with Crippen molar-refractivity contribution in [1.82, 2.24) is 15.1 Å². The van der Waals surface area contributed by atoms with Crippen molar-refractivity contribution in [1.29, 1.82) is 0 Å². The molecule has 2 N–H and O–H groups in total. The molecule has 0 saturated carbocycles. The van der Waals surface area contributed by atoms with Crippen molar-refractivity contribution in [2.75, 3.05) is 13.1 Å². The summed E-state index contributed by atoms with van der Waals surface area (Å²) in [5.41, 5.74) is 0.440. The number of carbonyl (C=O) groups excluding carboxylic acids is 1. The summed E-state index contributed by atoms with van der Waals surface area (Å²) >= 11 is 0. The van der Waals surface area contributed by atoms with Crippen LogP contribution in [0.5, 0.6) is 0 Å². The van der Waals surface area contributed by atoms with Gasteiger partial charge in [0, 0.05) is 12.7 Å². The highest BCUT2D eigenvalue weighted by atomic mass is 16.3. The molecule has 1 aromatic heterocycles. The molecule has 0 radical (unpaired) electrons. The fourth-order valence-electron chi connectivity index (χ4n) is 2.50. The number of H-pyrrole nitrogens is 1. The van der Waals surface area contributed by atoms with E-state index in [9.17, 15) is 9.90 Å². The number of carbonyl (C=O) groups is 1. The van der Waals surface area contributed by atoms with Crippen molar-refractivity contribution in [2.24, 2.45) is 0 Å². The maximum absolute atomic E-state index is 12.2. The van der Waals surface area contributed by atoms with Crippen LogP contribution in [-0.2, 0) is 5.60 Å². The minimum atomic E-state index is -0.944. The first-order chi connectivity index (χ1) is 9.19. The molecule has 1 atom stereocenters. The minimum Gasteiger partial charge on any atom is -0.383 e. The second-order valence-electron chi connectivity index (χ2n) is 4.86. The van der Waals surface area contributed by atoms with Gasteiger partial charge in [0.25, 0.3) is 5.91 Å². The number of aliphatic hydroxyl groups is 1. The van der Waals surface area contributed by atoms with Crippen LogP contribution < -0.4 is 0 Å². The molecule has 98 valence electrons. The van der Waals surface area contributed by atoms with Gasteiger partial charge in [-0.3, -0.25) is 9.89 Å². The van der Waals surface area contributed by atoms with Gasteiger partial charge in [0.05, 0.1) is 18.3 Å². The molecule has 0 bridgehead atoms. The Hall–Kier alpha value is -2.14. The first kappa shape index (κ1) is 11.9. The Morgan fingerprint density at radius 2 is 2.16 bits per heavy atom. The van der Waals surface area contributed by atoms with Gasteiger partial charge in [-0.2, -0.15) is 5.10 Å². The second kappa shape index (κ2) is 4.51. The van der Waals surface area contributed by atoms with Gasteiger partial charge < -0.3 is 10.0 Å². The molecule has 1 amide bonds. The average Bonchev–Trinajstić information content (AvgIpc) is 3.09. The van der Waals surface area contributed by atoms with Gasteiger partial charge in [-0.05, 0) is 12.0 Å². The molecule has 1 fully saturated rings. The number of hydrogen-bond donors (Lipinski definition) is 2. The highest BCUT2D eigenvalue weighted by Gasteiger charge is 2.39. The molecule has 0 spiro atoms. The van der Waals surface area contributed by atoms with Crippen molar-refractivity contribution in [3.63, 3.8) is 0 Å². The first-order valence-electron chi connectivity index (χ1n) is 6.25. The fourth-order valence-corrected chi connectivity index (χ4v) is 2.50. The molecule has 0 unspecified atom stereocenters. The molecule has 1 aliphatic heterocycles. The van der Waals surface area contributed by atoms with Crippen LogP contribution >= 0.6 is 0 Å². The quantitative estimate of drug-likeness (QED) is 0.847. The predicted molar refractivity (Wildman–Crippen MR) is 69.4 cm³/mol. The molecule has 1 aromatic carbocycles. The zero-order valence-electron chi connectivity index (χ0n) is 10.4. The fraction of sp³-hybridized carbons (Fsp3) is 0.286. The number of amides is 1. The van der Waals surface area contributed by atoms with Crippen molar-refractivity contribution in [3.05, 3.63) is 53.9 Å². The first-order valence-corrected chi connectivity index (χ1v) is 6.25. The van der Waals surface area contributed by atoms with E-state index < -0.39 is 5.60 Å². The number of β-amino-alcohol motifs (C(OH)–C–C–N with tert-alkyl or cyclic N) is 1. The van der Waals surface area contributed by atoms with E-state index >= 15 is 0 Å². The van der Waals surface area contributed by atoms with Crippen LogP contribution in [0.25, 0.3) is 0 Å². The lowest BCUT2D eigenvalue weighted by Gasteiger charge is -2.23.